The van der Waals surface area contributed by atoms with E-state index in [9.17, 15) is 4.79 Å². The summed E-state index contributed by atoms with van der Waals surface area (Å²) in [7, 11) is 0. The Kier molecular flexibility index (Phi) is 6.31. The van der Waals surface area contributed by atoms with E-state index in [0.717, 1.165) is 34.6 Å². The second kappa shape index (κ2) is 8.67. The van der Waals surface area contributed by atoms with Crippen LogP contribution in [0.4, 0.5) is 11.5 Å². The Bertz CT molecular complexity index is 750. The van der Waals surface area contributed by atoms with E-state index in [2.05, 4.69) is 36.1 Å². The molecule has 0 saturated carbocycles. The van der Waals surface area contributed by atoms with E-state index in [-0.39, 0.29) is 11.7 Å². The third kappa shape index (κ3) is 5.19. The summed E-state index contributed by atoms with van der Waals surface area (Å²) in [5.41, 5.74) is 1.92. The summed E-state index contributed by atoms with van der Waals surface area (Å²) >= 11 is 4.83. The predicted molar refractivity (Wildman–Crippen MR) is 106 cm³/mol. The number of nitrogens with zero attached hydrogens (tertiary/aromatic N) is 3. The van der Waals surface area contributed by atoms with Crippen LogP contribution in [0.1, 0.15) is 24.8 Å². The maximum Gasteiger partial charge on any atom is 0.234 e. The number of aryl methyl sites for hydroxylation is 1. The molecule has 1 aromatic heterocycles. The Hall–Kier alpha value is -1.60. The summed E-state index contributed by atoms with van der Waals surface area (Å²) in [6.07, 6.45) is 5.48. The van der Waals surface area contributed by atoms with Crippen molar-refractivity contribution in [2.45, 2.75) is 31.3 Å². The summed E-state index contributed by atoms with van der Waals surface area (Å²) in [5.74, 6) is 1.17. The van der Waals surface area contributed by atoms with Crippen molar-refractivity contribution in [2.24, 2.45) is 0 Å². The molecule has 5 nitrogen and oxygen atoms in total. The lowest BCUT2D eigenvalue weighted by Gasteiger charge is -2.27. The quantitative estimate of drug-likeness (QED) is 0.577. The molecule has 7 heteroatoms. The molecule has 1 aromatic carbocycles. The molecule has 0 bridgehead atoms. The topological polar surface area (TPSA) is 58.1 Å². The Labute approximate surface area is 160 Å². The molecule has 1 aliphatic rings. The van der Waals surface area contributed by atoms with Crippen molar-refractivity contribution in [3.05, 3.63) is 40.5 Å². The molecule has 2 heterocycles. The van der Waals surface area contributed by atoms with E-state index in [1.54, 1.807) is 6.20 Å². The summed E-state index contributed by atoms with van der Waals surface area (Å²) in [4.78, 5) is 23.4. The Morgan fingerprint density at radius 2 is 2.08 bits per heavy atom. The monoisotopic (exact) mass is 420 g/mol. The van der Waals surface area contributed by atoms with Gasteiger partial charge in [-0.05, 0) is 65.9 Å². The first-order valence-electron chi connectivity index (χ1n) is 8.38. The standard InChI is InChI=1S/C18H21BrN4OS/c1-13-5-6-15(14(19)11-13)21-17(24)12-25-18-20-8-7-16(22-18)23-9-3-2-4-10-23/h5-8,11H,2-4,9-10,12H2,1H3,(H,21,24). The summed E-state index contributed by atoms with van der Waals surface area (Å²) in [6.45, 7) is 4.10. The zero-order valence-electron chi connectivity index (χ0n) is 14.2. The number of aromatic nitrogens is 2. The van der Waals surface area contributed by atoms with Crippen molar-refractivity contribution < 1.29 is 4.79 Å². The number of amides is 1. The molecule has 25 heavy (non-hydrogen) atoms. The molecule has 0 radical (unpaired) electrons. The zero-order valence-corrected chi connectivity index (χ0v) is 16.6. The number of rotatable bonds is 5. The van der Waals surface area contributed by atoms with Crippen molar-refractivity contribution in [1.82, 2.24) is 9.97 Å². The smallest absolute Gasteiger partial charge is 0.234 e. The lowest BCUT2D eigenvalue weighted by Crippen LogP contribution is -2.30. The van der Waals surface area contributed by atoms with Crippen LogP contribution in [0.25, 0.3) is 0 Å². The van der Waals surface area contributed by atoms with Crippen molar-refractivity contribution in [2.75, 3.05) is 29.1 Å². The highest BCUT2D eigenvalue weighted by Crippen LogP contribution is 2.24. The van der Waals surface area contributed by atoms with E-state index in [1.807, 2.05) is 31.2 Å². The van der Waals surface area contributed by atoms with Crippen LogP contribution in [-0.2, 0) is 4.79 Å². The van der Waals surface area contributed by atoms with Crippen LogP contribution in [0.5, 0.6) is 0 Å². The third-order valence-electron chi connectivity index (χ3n) is 4.03. The maximum absolute atomic E-state index is 12.2. The molecule has 1 fully saturated rings. The molecule has 1 saturated heterocycles. The normalized spacial score (nSPS) is 14.4. The van der Waals surface area contributed by atoms with Gasteiger partial charge < -0.3 is 10.2 Å². The van der Waals surface area contributed by atoms with Crippen LogP contribution >= 0.6 is 27.7 Å². The molecule has 1 N–H and O–H groups in total. The number of hydrogen-bond acceptors (Lipinski definition) is 5. The minimum Gasteiger partial charge on any atom is -0.356 e. The molecule has 3 rings (SSSR count). The Balaban J connectivity index is 1.56. The number of anilines is 2. The van der Waals surface area contributed by atoms with Gasteiger partial charge in [-0.15, -0.1) is 0 Å². The van der Waals surface area contributed by atoms with E-state index in [0.29, 0.717) is 5.16 Å². The van der Waals surface area contributed by atoms with Gasteiger partial charge in [0.05, 0.1) is 11.4 Å². The van der Waals surface area contributed by atoms with Gasteiger partial charge in [-0.1, -0.05) is 17.8 Å². The number of halogens is 1. The second-order valence-corrected chi connectivity index (χ2v) is 7.86. The first-order chi connectivity index (χ1) is 12.1. The lowest BCUT2D eigenvalue weighted by atomic mass is 10.1. The van der Waals surface area contributed by atoms with Gasteiger partial charge >= 0.3 is 0 Å². The van der Waals surface area contributed by atoms with E-state index >= 15 is 0 Å². The highest BCUT2D eigenvalue weighted by Gasteiger charge is 2.13. The summed E-state index contributed by atoms with van der Waals surface area (Å²) in [5, 5.41) is 3.55. The highest BCUT2D eigenvalue weighted by molar-refractivity contribution is 9.10. The summed E-state index contributed by atoms with van der Waals surface area (Å²) in [6, 6.07) is 7.79. The predicted octanol–water partition coefficient (Wildman–Crippen LogP) is 4.27. The van der Waals surface area contributed by atoms with Gasteiger partial charge in [-0.2, -0.15) is 0 Å². The van der Waals surface area contributed by atoms with Crippen LogP contribution in [-0.4, -0.2) is 34.7 Å². The number of benzene rings is 1. The minimum atomic E-state index is -0.0680. The molecule has 1 aliphatic heterocycles. The fraction of sp³-hybridized carbons (Fsp3) is 0.389. The van der Waals surface area contributed by atoms with Crippen LogP contribution < -0.4 is 10.2 Å². The first kappa shape index (κ1) is 18.2. The molecule has 2 aromatic rings. The fourth-order valence-corrected chi connectivity index (χ4v) is 3.96. The van der Waals surface area contributed by atoms with Crippen LogP contribution in [0.3, 0.4) is 0 Å². The number of thioether (sulfide) groups is 1. The van der Waals surface area contributed by atoms with Crippen LogP contribution in [0.15, 0.2) is 40.1 Å². The molecule has 0 aliphatic carbocycles. The Morgan fingerprint density at radius 1 is 1.28 bits per heavy atom. The second-order valence-electron chi connectivity index (χ2n) is 6.07. The van der Waals surface area contributed by atoms with Gasteiger partial charge in [0.25, 0.3) is 0 Å². The molecule has 132 valence electrons. The van der Waals surface area contributed by atoms with E-state index in [1.165, 1.54) is 31.0 Å². The fourth-order valence-electron chi connectivity index (χ4n) is 2.74. The average Bonchev–Trinajstić information content (AvgIpc) is 2.63. The van der Waals surface area contributed by atoms with Crippen molar-refractivity contribution in [1.29, 1.82) is 0 Å². The van der Waals surface area contributed by atoms with Gasteiger partial charge in [0.15, 0.2) is 5.16 Å². The molecule has 0 atom stereocenters. The Morgan fingerprint density at radius 3 is 2.84 bits per heavy atom. The van der Waals surface area contributed by atoms with Crippen LogP contribution in [0.2, 0.25) is 0 Å². The molecule has 0 spiro atoms. The first-order valence-corrected chi connectivity index (χ1v) is 10.2. The van der Waals surface area contributed by atoms with Gasteiger partial charge in [-0.25, -0.2) is 9.97 Å². The maximum atomic E-state index is 12.2. The van der Waals surface area contributed by atoms with Gasteiger partial charge in [0.2, 0.25) is 5.91 Å². The number of piperidine rings is 1. The van der Waals surface area contributed by atoms with Gasteiger partial charge in [0.1, 0.15) is 5.82 Å². The average molecular weight is 421 g/mol. The lowest BCUT2D eigenvalue weighted by molar-refractivity contribution is -0.113. The zero-order chi connectivity index (χ0) is 17.6. The molecular formula is C18H21BrN4OS. The largest absolute Gasteiger partial charge is 0.356 e. The van der Waals surface area contributed by atoms with E-state index in [4.69, 9.17) is 0 Å². The van der Waals surface area contributed by atoms with Crippen molar-refractivity contribution in [3.8, 4) is 0 Å². The number of carbonyl (C=O) groups excluding carboxylic acids is 1. The van der Waals surface area contributed by atoms with E-state index < -0.39 is 0 Å². The highest BCUT2D eigenvalue weighted by atomic mass is 79.9. The van der Waals surface area contributed by atoms with Crippen molar-refractivity contribution in [3.63, 3.8) is 0 Å². The van der Waals surface area contributed by atoms with Gasteiger partial charge in [0, 0.05) is 23.8 Å². The number of carbonyl (C=O) groups is 1. The molecule has 0 unspecified atom stereocenters. The summed E-state index contributed by atoms with van der Waals surface area (Å²) < 4.78 is 0.884. The minimum absolute atomic E-state index is 0.0680. The van der Waals surface area contributed by atoms with Gasteiger partial charge in [-0.3, -0.25) is 4.79 Å². The van der Waals surface area contributed by atoms with Crippen LogP contribution in [0, 0.1) is 6.92 Å². The third-order valence-corrected chi connectivity index (χ3v) is 5.55. The molecular weight excluding hydrogens is 400 g/mol. The SMILES string of the molecule is Cc1ccc(NC(=O)CSc2nccc(N3CCCCC3)n2)c(Br)c1. The van der Waals surface area contributed by atoms with Crippen molar-refractivity contribution >= 4 is 45.1 Å². The number of hydrogen-bond donors (Lipinski definition) is 1. The molecule has 1 amide bonds. The number of nitrogens with one attached hydrogen (secondary N) is 1.